The summed E-state index contributed by atoms with van der Waals surface area (Å²) in [6.45, 7) is 4.08. The number of aromatic nitrogens is 2. The summed E-state index contributed by atoms with van der Waals surface area (Å²) < 4.78 is -1.91. The Labute approximate surface area is 161 Å². The molecule has 1 aliphatic rings. The highest BCUT2D eigenvalue weighted by atomic mass is 35.6. The molecule has 1 saturated heterocycles. The van der Waals surface area contributed by atoms with Gasteiger partial charge in [-0.15, -0.1) is 0 Å². The zero-order chi connectivity index (χ0) is 18.0. The van der Waals surface area contributed by atoms with Crippen LogP contribution < -0.4 is 4.90 Å². The van der Waals surface area contributed by atoms with Crippen molar-refractivity contribution in [1.82, 2.24) is 14.9 Å². The Kier molecular flexibility index (Phi) is 5.37. The summed E-state index contributed by atoms with van der Waals surface area (Å²) in [5.41, 5.74) is 1.92. The predicted molar refractivity (Wildman–Crippen MR) is 101 cm³/mol. The molecule has 1 amide bonds. The topological polar surface area (TPSA) is 49.3 Å². The number of amides is 1. The van der Waals surface area contributed by atoms with Gasteiger partial charge in [-0.05, 0) is 6.92 Å². The number of carbonyl (C=O) groups excluding carboxylic acids is 1. The summed E-state index contributed by atoms with van der Waals surface area (Å²) in [5, 5.41) is 0. The summed E-state index contributed by atoms with van der Waals surface area (Å²) in [5.74, 6) is 1.06. The maximum atomic E-state index is 12.0. The van der Waals surface area contributed by atoms with E-state index in [0.29, 0.717) is 32.0 Å². The first-order valence-corrected chi connectivity index (χ1v) is 9.00. The minimum atomic E-state index is -1.91. The Balaban J connectivity index is 1.76. The van der Waals surface area contributed by atoms with E-state index in [1.807, 2.05) is 43.3 Å². The van der Waals surface area contributed by atoms with Crippen molar-refractivity contribution in [3.05, 3.63) is 42.2 Å². The van der Waals surface area contributed by atoms with Gasteiger partial charge >= 0.3 is 0 Å². The zero-order valence-electron chi connectivity index (χ0n) is 13.6. The van der Waals surface area contributed by atoms with Gasteiger partial charge in [0.05, 0.1) is 5.69 Å². The minimum absolute atomic E-state index is 0.483. The fourth-order valence-corrected chi connectivity index (χ4v) is 3.15. The van der Waals surface area contributed by atoms with Crippen LogP contribution in [0.25, 0.3) is 11.3 Å². The standard InChI is InChI=1S/C17H17Cl3N4O/c1-12-21-14(13-5-3-2-4-6-13)11-15(22-12)23-7-9-24(10-8-23)16(25)17(18,19)20/h2-6,11H,7-10H2,1H3. The lowest BCUT2D eigenvalue weighted by Crippen LogP contribution is -2.52. The number of halogens is 3. The molecule has 132 valence electrons. The average molecular weight is 400 g/mol. The molecule has 25 heavy (non-hydrogen) atoms. The molecule has 1 aromatic carbocycles. The molecule has 0 unspecified atom stereocenters. The van der Waals surface area contributed by atoms with E-state index in [1.165, 1.54) is 0 Å². The lowest BCUT2D eigenvalue weighted by atomic mass is 10.1. The van der Waals surface area contributed by atoms with Crippen LogP contribution in [0.1, 0.15) is 5.82 Å². The van der Waals surface area contributed by atoms with E-state index < -0.39 is 9.70 Å². The fraction of sp³-hybridized carbons (Fsp3) is 0.353. The fourth-order valence-electron chi connectivity index (χ4n) is 2.79. The van der Waals surface area contributed by atoms with E-state index in [-0.39, 0.29) is 0 Å². The lowest BCUT2D eigenvalue weighted by Gasteiger charge is -2.36. The number of benzene rings is 1. The third-order valence-electron chi connectivity index (χ3n) is 4.03. The van der Waals surface area contributed by atoms with Crippen LogP contribution in [0.3, 0.4) is 0 Å². The van der Waals surface area contributed by atoms with Crippen LogP contribution in [0.15, 0.2) is 36.4 Å². The number of alkyl halides is 3. The van der Waals surface area contributed by atoms with Crippen LogP contribution in [0.4, 0.5) is 5.82 Å². The van der Waals surface area contributed by atoms with Gasteiger partial charge in [0.15, 0.2) is 0 Å². The Morgan fingerprint density at radius 1 is 1.04 bits per heavy atom. The van der Waals surface area contributed by atoms with Crippen LogP contribution in [0, 0.1) is 6.92 Å². The van der Waals surface area contributed by atoms with Crippen LogP contribution in [-0.2, 0) is 4.79 Å². The van der Waals surface area contributed by atoms with Crippen molar-refractivity contribution in [2.24, 2.45) is 0 Å². The molecule has 0 aliphatic carbocycles. The predicted octanol–water partition coefficient (Wildman–Crippen LogP) is 3.47. The van der Waals surface area contributed by atoms with Crippen molar-refractivity contribution < 1.29 is 4.79 Å². The summed E-state index contributed by atoms with van der Waals surface area (Å²) in [4.78, 5) is 24.8. The van der Waals surface area contributed by atoms with Gasteiger partial charge in [0.2, 0.25) is 0 Å². The molecule has 3 rings (SSSR count). The number of hydrogen-bond acceptors (Lipinski definition) is 4. The highest BCUT2D eigenvalue weighted by Gasteiger charge is 2.36. The van der Waals surface area contributed by atoms with Crippen LogP contribution in [0.5, 0.6) is 0 Å². The van der Waals surface area contributed by atoms with Gasteiger partial charge in [0, 0.05) is 37.8 Å². The first-order chi connectivity index (χ1) is 11.8. The minimum Gasteiger partial charge on any atom is -0.353 e. The Morgan fingerprint density at radius 3 is 2.28 bits per heavy atom. The summed E-state index contributed by atoms with van der Waals surface area (Å²) in [7, 11) is 0. The second-order valence-electron chi connectivity index (χ2n) is 5.80. The molecule has 2 aromatic rings. The monoisotopic (exact) mass is 398 g/mol. The Hall–Kier alpha value is -1.56. The first kappa shape index (κ1) is 18.2. The van der Waals surface area contributed by atoms with Crippen molar-refractivity contribution in [3.63, 3.8) is 0 Å². The molecule has 0 spiro atoms. The third-order valence-corrected chi connectivity index (χ3v) is 4.51. The number of nitrogens with zero attached hydrogens (tertiary/aromatic N) is 4. The summed E-state index contributed by atoms with van der Waals surface area (Å²) in [6, 6.07) is 11.9. The van der Waals surface area contributed by atoms with Gasteiger partial charge in [-0.3, -0.25) is 4.79 Å². The van der Waals surface area contributed by atoms with Crippen LogP contribution in [-0.4, -0.2) is 50.7 Å². The van der Waals surface area contributed by atoms with Crippen molar-refractivity contribution in [2.75, 3.05) is 31.1 Å². The van der Waals surface area contributed by atoms with Gasteiger partial charge in [-0.1, -0.05) is 65.1 Å². The molecule has 1 aromatic heterocycles. The van der Waals surface area contributed by atoms with Gasteiger partial charge in [-0.25, -0.2) is 9.97 Å². The number of anilines is 1. The first-order valence-electron chi connectivity index (χ1n) is 7.87. The summed E-state index contributed by atoms with van der Waals surface area (Å²) in [6.07, 6.45) is 0. The highest BCUT2D eigenvalue weighted by Crippen LogP contribution is 2.29. The van der Waals surface area contributed by atoms with Gasteiger partial charge < -0.3 is 9.80 Å². The molecule has 5 nitrogen and oxygen atoms in total. The van der Waals surface area contributed by atoms with E-state index in [4.69, 9.17) is 34.8 Å². The van der Waals surface area contributed by atoms with E-state index in [1.54, 1.807) is 4.90 Å². The number of aryl methyl sites for hydroxylation is 1. The number of piperazine rings is 1. The molecular formula is C17H17Cl3N4O. The normalized spacial score (nSPS) is 15.4. The van der Waals surface area contributed by atoms with Gasteiger partial charge in [0.25, 0.3) is 9.70 Å². The van der Waals surface area contributed by atoms with E-state index >= 15 is 0 Å². The SMILES string of the molecule is Cc1nc(-c2ccccc2)cc(N2CCN(C(=O)C(Cl)(Cl)Cl)CC2)n1. The molecule has 0 atom stereocenters. The second-order valence-corrected chi connectivity index (χ2v) is 8.08. The highest BCUT2D eigenvalue weighted by molar-refractivity contribution is 6.76. The lowest BCUT2D eigenvalue weighted by molar-refractivity contribution is -0.130. The third kappa shape index (κ3) is 4.35. The molecule has 8 heteroatoms. The average Bonchev–Trinajstić information content (AvgIpc) is 2.61. The van der Waals surface area contributed by atoms with Crippen molar-refractivity contribution in [2.45, 2.75) is 10.7 Å². The van der Waals surface area contributed by atoms with Crippen molar-refractivity contribution >= 4 is 46.5 Å². The molecule has 2 heterocycles. The molecule has 1 aliphatic heterocycles. The second kappa shape index (κ2) is 7.36. The molecule has 1 fully saturated rings. The molecule has 0 radical (unpaired) electrons. The van der Waals surface area contributed by atoms with E-state index in [0.717, 1.165) is 17.1 Å². The molecule has 0 saturated carbocycles. The van der Waals surface area contributed by atoms with E-state index in [2.05, 4.69) is 14.9 Å². The zero-order valence-corrected chi connectivity index (χ0v) is 15.9. The largest absolute Gasteiger partial charge is 0.353 e. The summed E-state index contributed by atoms with van der Waals surface area (Å²) >= 11 is 17.1. The van der Waals surface area contributed by atoms with Crippen LogP contribution in [0.2, 0.25) is 0 Å². The van der Waals surface area contributed by atoms with E-state index in [9.17, 15) is 4.79 Å². The van der Waals surface area contributed by atoms with Crippen molar-refractivity contribution in [1.29, 1.82) is 0 Å². The van der Waals surface area contributed by atoms with Crippen LogP contribution >= 0.6 is 34.8 Å². The maximum absolute atomic E-state index is 12.0. The van der Waals surface area contributed by atoms with Gasteiger partial charge in [-0.2, -0.15) is 0 Å². The maximum Gasteiger partial charge on any atom is 0.274 e. The number of hydrogen-bond donors (Lipinski definition) is 0. The Bertz CT molecular complexity index is 756. The number of carbonyl (C=O) groups is 1. The molecule has 0 N–H and O–H groups in total. The van der Waals surface area contributed by atoms with Crippen molar-refractivity contribution in [3.8, 4) is 11.3 Å². The quantitative estimate of drug-likeness (QED) is 0.726. The molecular weight excluding hydrogens is 383 g/mol. The molecule has 0 bridgehead atoms. The smallest absolute Gasteiger partial charge is 0.274 e. The van der Waals surface area contributed by atoms with Gasteiger partial charge in [0.1, 0.15) is 11.6 Å². The Morgan fingerprint density at radius 2 is 1.68 bits per heavy atom. The number of rotatable bonds is 2.